The third kappa shape index (κ3) is 2.73. The summed E-state index contributed by atoms with van der Waals surface area (Å²) >= 11 is 0. The van der Waals surface area contributed by atoms with Gasteiger partial charge in [0.25, 0.3) is 0 Å². The molecule has 0 radical (unpaired) electrons. The maximum atomic E-state index is 2.39. The standard InChI is InChI=1S/C14H24/c1-11(2)8-9-13-12(3)7-6-10-14(13,4)5/h8H,6-7,9-10H2,1-5H3. The molecule has 0 saturated carbocycles. The van der Waals surface area contributed by atoms with E-state index in [2.05, 4.69) is 40.7 Å². The van der Waals surface area contributed by atoms with Gasteiger partial charge >= 0.3 is 0 Å². The van der Waals surface area contributed by atoms with E-state index >= 15 is 0 Å². The number of hydrogen-bond acceptors (Lipinski definition) is 0. The van der Waals surface area contributed by atoms with Gasteiger partial charge in [0.1, 0.15) is 0 Å². The molecule has 0 N–H and O–H groups in total. The van der Waals surface area contributed by atoms with Crippen LogP contribution in [0.25, 0.3) is 0 Å². The predicted molar refractivity (Wildman–Crippen MR) is 64.4 cm³/mol. The van der Waals surface area contributed by atoms with E-state index in [1.807, 2.05) is 0 Å². The molecular weight excluding hydrogens is 168 g/mol. The van der Waals surface area contributed by atoms with Crippen molar-refractivity contribution in [3.63, 3.8) is 0 Å². The summed E-state index contributed by atoms with van der Waals surface area (Å²) in [7, 11) is 0. The second-order valence-electron chi connectivity index (χ2n) is 5.48. The third-order valence-electron chi connectivity index (χ3n) is 3.40. The van der Waals surface area contributed by atoms with Crippen LogP contribution in [0.4, 0.5) is 0 Å². The lowest BCUT2D eigenvalue weighted by Gasteiger charge is -2.34. The molecule has 1 aliphatic rings. The van der Waals surface area contributed by atoms with E-state index in [9.17, 15) is 0 Å². The number of rotatable bonds is 2. The molecule has 0 aromatic carbocycles. The molecule has 0 aromatic rings. The molecule has 0 unspecified atom stereocenters. The maximum Gasteiger partial charge on any atom is -0.0128 e. The highest BCUT2D eigenvalue weighted by Gasteiger charge is 2.27. The fraction of sp³-hybridized carbons (Fsp3) is 0.714. The summed E-state index contributed by atoms with van der Waals surface area (Å²) in [4.78, 5) is 0. The summed E-state index contributed by atoms with van der Waals surface area (Å²) in [6, 6.07) is 0. The lowest BCUT2D eigenvalue weighted by Crippen LogP contribution is -2.20. The summed E-state index contributed by atoms with van der Waals surface area (Å²) in [5.41, 5.74) is 5.20. The van der Waals surface area contributed by atoms with Crippen LogP contribution >= 0.6 is 0 Å². The Kier molecular flexibility index (Phi) is 3.58. The Morgan fingerprint density at radius 1 is 1.36 bits per heavy atom. The molecule has 0 heteroatoms. The van der Waals surface area contributed by atoms with Crippen LogP contribution in [0.3, 0.4) is 0 Å². The Morgan fingerprint density at radius 2 is 2.00 bits per heavy atom. The molecule has 80 valence electrons. The fourth-order valence-corrected chi connectivity index (χ4v) is 2.43. The SMILES string of the molecule is CC(C)=CCC1=C(C)CCCC1(C)C. The van der Waals surface area contributed by atoms with Crippen LogP contribution in [-0.2, 0) is 0 Å². The van der Waals surface area contributed by atoms with Crippen molar-refractivity contribution in [3.05, 3.63) is 22.8 Å². The average molecular weight is 192 g/mol. The quantitative estimate of drug-likeness (QED) is 0.548. The predicted octanol–water partition coefficient (Wildman–Crippen LogP) is 4.87. The Balaban J connectivity index is 2.85. The third-order valence-corrected chi connectivity index (χ3v) is 3.40. The second-order valence-corrected chi connectivity index (χ2v) is 5.48. The molecule has 0 atom stereocenters. The zero-order valence-corrected chi connectivity index (χ0v) is 10.4. The highest BCUT2D eigenvalue weighted by molar-refractivity contribution is 5.25. The van der Waals surface area contributed by atoms with Crippen molar-refractivity contribution in [1.29, 1.82) is 0 Å². The fourth-order valence-electron chi connectivity index (χ4n) is 2.43. The van der Waals surface area contributed by atoms with Crippen LogP contribution in [0, 0.1) is 5.41 Å². The van der Waals surface area contributed by atoms with Gasteiger partial charge in [-0.05, 0) is 51.9 Å². The number of allylic oxidation sites excluding steroid dienone is 4. The van der Waals surface area contributed by atoms with Gasteiger partial charge in [0.05, 0.1) is 0 Å². The summed E-state index contributed by atoms with van der Waals surface area (Å²) in [5, 5.41) is 0. The molecule has 0 fully saturated rings. The van der Waals surface area contributed by atoms with E-state index in [4.69, 9.17) is 0 Å². The van der Waals surface area contributed by atoms with Crippen LogP contribution in [0.2, 0.25) is 0 Å². The van der Waals surface area contributed by atoms with Crippen molar-refractivity contribution in [2.24, 2.45) is 5.41 Å². The van der Waals surface area contributed by atoms with Crippen molar-refractivity contribution < 1.29 is 0 Å². The smallest absolute Gasteiger partial charge is 0.0128 e. The number of hydrogen-bond donors (Lipinski definition) is 0. The molecule has 0 saturated heterocycles. The van der Waals surface area contributed by atoms with Crippen molar-refractivity contribution in [2.45, 2.75) is 60.3 Å². The summed E-state index contributed by atoms with van der Waals surface area (Å²) in [5.74, 6) is 0. The summed E-state index contributed by atoms with van der Waals surface area (Å²) < 4.78 is 0. The first-order chi connectivity index (χ1) is 6.43. The molecule has 0 heterocycles. The van der Waals surface area contributed by atoms with Crippen LogP contribution in [-0.4, -0.2) is 0 Å². The van der Waals surface area contributed by atoms with Crippen LogP contribution < -0.4 is 0 Å². The van der Waals surface area contributed by atoms with Crippen molar-refractivity contribution in [1.82, 2.24) is 0 Å². The molecule has 14 heavy (non-hydrogen) atoms. The second kappa shape index (κ2) is 4.33. The minimum absolute atomic E-state index is 0.439. The summed E-state index contributed by atoms with van der Waals surface area (Å²) in [6.45, 7) is 11.5. The Morgan fingerprint density at radius 3 is 2.50 bits per heavy atom. The van der Waals surface area contributed by atoms with Crippen LogP contribution in [0.5, 0.6) is 0 Å². The van der Waals surface area contributed by atoms with Gasteiger partial charge in [0.15, 0.2) is 0 Å². The minimum Gasteiger partial charge on any atom is -0.0818 e. The van der Waals surface area contributed by atoms with Gasteiger partial charge in [0.2, 0.25) is 0 Å². The molecular formula is C14H24. The van der Waals surface area contributed by atoms with E-state index in [1.165, 1.54) is 31.3 Å². The first kappa shape index (κ1) is 11.6. The average Bonchev–Trinajstić information content (AvgIpc) is 2.01. The highest BCUT2D eigenvalue weighted by atomic mass is 14.3. The Bertz CT molecular complexity index is 260. The molecule has 0 bridgehead atoms. The lowest BCUT2D eigenvalue weighted by molar-refractivity contribution is 0.360. The topological polar surface area (TPSA) is 0 Å². The first-order valence-electron chi connectivity index (χ1n) is 5.76. The molecule has 0 amide bonds. The van der Waals surface area contributed by atoms with Gasteiger partial charge in [-0.2, -0.15) is 0 Å². The van der Waals surface area contributed by atoms with E-state index in [0.29, 0.717) is 5.41 Å². The Labute approximate surface area is 89.1 Å². The molecule has 0 nitrogen and oxygen atoms in total. The van der Waals surface area contributed by atoms with E-state index in [-0.39, 0.29) is 0 Å². The lowest BCUT2D eigenvalue weighted by atomic mass is 9.71. The minimum atomic E-state index is 0.439. The van der Waals surface area contributed by atoms with Crippen LogP contribution in [0.1, 0.15) is 60.3 Å². The zero-order chi connectivity index (χ0) is 10.8. The van der Waals surface area contributed by atoms with Gasteiger partial charge in [-0.1, -0.05) is 36.6 Å². The molecule has 0 aromatic heterocycles. The molecule has 1 rings (SSSR count). The molecule has 0 aliphatic heterocycles. The van der Waals surface area contributed by atoms with E-state index in [1.54, 1.807) is 11.1 Å². The van der Waals surface area contributed by atoms with Crippen molar-refractivity contribution in [2.75, 3.05) is 0 Å². The van der Waals surface area contributed by atoms with Gasteiger partial charge in [-0.15, -0.1) is 0 Å². The first-order valence-corrected chi connectivity index (χ1v) is 5.76. The normalized spacial score (nSPS) is 20.9. The van der Waals surface area contributed by atoms with Gasteiger partial charge in [-0.25, -0.2) is 0 Å². The van der Waals surface area contributed by atoms with E-state index in [0.717, 1.165) is 0 Å². The summed E-state index contributed by atoms with van der Waals surface area (Å²) in [6.07, 6.45) is 7.58. The van der Waals surface area contributed by atoms with Gasteiger partial charge in [-0.3, -0.25) is 0 Å². The Hall–Kier alpha value is -0.520. The highest BCUT2D eigenvalue weighted by Crippen LogP contribution is 2.41. The van der Waals surface area contributed by atoms with Crippen molar-refractivity contribution in [3.8, 4) is 0 Å². The monoisotopic (exact) mass is 192 g/mol. The van der Waals surface area contributed by atoms with Crippen molar-refractivity contribution >= 4 is 0 Å². The zero-order valence-electron chi connectivity index (χ0n) is 10.4. The largest absolute Gasteiger partial charge is 0.0818 e. The maximum absolute atomic E-state index is 2.39. The molecule has 1 aliphatic carbocycles. The van der Waals surface area contributed by atoms with E-state index < -0.39 is 0 Å². The van der Waals surface area contributed by atoms with Crippen LogP contribution in [0.15, 0.2) is 22.8 Å². The van der Waals surface area contributed by atoms with Gasteiger partial charge in [0, 0.05) is 0 Å². The van der Waals surface area contributed by atoms with Gasteiger partial charge < -0.3 is 0 Å². The molecule has 0 spiro atoms.